The fourth-order valence-corrected chi connectivity index (χ4v) is 8.29. The summed E-state index contributed by atoms with van der Waals surface area (Å²) in [5, 5.41) is 0. The molecule has 0 spiro atoms. The van der Waals surface area contributed by atoms with E-state index in [9.17, 15) is 9.59 Å². The number of nitrogens with zero attached hydrogens (tertiary/aromatic N) is 1. The van der Waals surface area contributed by atoms with Crippen LogP contribution in [0.1, 0.15) is 240 Å². The Morgan fingerprint density at radius 3 is 1.29 bits per heavy atom. The van der Waals surface area contributed by atoms with E-state index in [1.165, 1.54) is 154 Å². The minimum absolute atomic E-state index is 0.0157. The van der Waals surface area contributed by atoms with E-state index in [1.54, 1.807) is 0 Å². The maximum atomic E-state index is 12.7. The van der Waals surface area contributed by atoms with Crippen molar-refractivity contribution < 1.29 is 23.8 Å². The van der Waals surface area contributed by atoms with Gasteiger partial charge < -0.3 is 19.1 Å². The monoisotopic (exact) mass is 778 g/mol. The normalized spacial score (nSPS) is 23.7. The van der Waals surface area contributed by atoms with Gasteiger partial charge in [-0.05, 0) is 96.4 Å². The number of rotatable bonds is 13. The molecule has 0 aromatic rings. The molecule has 2 atom stereocenters. The number of hydrogen-bond donors (Lipinski definition) is 0. The number of esters is 2. The van der Waals surface area contributed by atoms with Gasteiger partial charge in [-0.1, -0.05) is 155 Å². The highest BCUT2D eigenvalue weighted by Gasteiger charge is 2.17. The average Bonchev–Trinajstić information content (AvgIpc) is 3.16. The van der Waals surface area contributed by atoms with Gasteiger partial charge in [0.1, 0.15) is 0 Å². The largest absolute Gasteiger partial charge is 0.466 e. The lowest BCUT2D eigenvalue weighted by atomic mass is 9.90. The maximum Gasteiger partial charge on any atom is 0.306 e. The average molecular weight is 778 g/mol. The Morgan fingerprint density at radius 1 is 0.545 bits per heavy atom. The molecule has 0 radical (unpaired) electrons. The SMILES string of the molecule is CCCCC1CCCCCCC(CCCC)CC(=O)OCCCCCCCCCCC(COCCCN(C)C(C)C)CCCCCCCCCCOC(=O)C1. The highest BCUT2D eigenvalue weighted by molar-refractivity contribution is 5.70. The fraction of sp³-hybridized carbons (Fsp3) is 0.959. The van der Waals surface area contributed by atoms with E-state index >= 15 is 0 Å². The molecule has 0 amide bonds. The Kier molecular flexibility index (Phi) is 36.2. The van der Waals surface area contributed by atoms with Crippen molar-refractivity contribution in [2.75, 3.05) is 40.0 Å². The Balaban J connectivity index is 2.58. The van der Waals surface area contributed by atoms with Gasteiger partial charge in [-0.2, -0.15) is 0 Å². The van der Waals surface area contributed by atoms with Gasteiger partial charge in [-0.3, -0.25) is 9.59 Å². The van der Waals surface area contributed by atoms with Crippen LogP contribution in [0.2, 0.25) is 0 Å². The molecule has 0 N–H and O–H groups in total. The van der Waals surface area contributed by atoms with E-state index in [1.807, 2.05) is 0 Å². The summed E-state index contributed by atoms with van der Waals surface area (Å²) in [6, 6.07) is 0.593. The molecule has 2 unspecified atom stereocenters. The summed E-state index contributed by atoms with van der Waals surface area (Å²) in [5.41, 5.74) is 0. The van der Waals surface area contributed by atoms with E-state index in [-0.39, 0.29) is 11.9 Å². The van der Waals surface area contributed by atoms with Gasteiger partial charge in [0.15, 0.2) is 0 Å². The number of carbonyl (C=O) groups is 2. The summed E-state index contributed by atoms with van der Waals surface area (Å²) in [4.78, 5) is 27.9. The molecular weight excluding hydrogens is 683 g/mol. The molecule has 1 aliphatic heterocycles. The van der Waals surface area contributed by atoms with Crippen LogP contribution in [0.4, 0.5) is 0 Å². The van der Waals surface area contributed by atoms with Crippen LogP contribution >= 0.6 is 0 Å². The molecule has 0 bridgehead atoms. The Labute approximate surface area is 343 Å². The summed E-state index contributed by atoms with van der Waals surface area (Å²) < 4.78 is 17.7. The van der Waals surface area contributed by atoms with Crippen LogP contribution in [0.25, 0.3) is 0 Å². The lowest BCUT2D eigenvalue weighted by Gasteiger charge is -2.21. The first-order valence-corrected chi connectivity index (χ1v) is 24.4. The van der Waals surface area contributed by atoms with Crippen molar-refractivity contribution in [1.82, 2.24) is 4.90 Å². The second kappa shape index (κ2) is 38.4. The molecule has 1 heterocycles. The third kappa shape index (κ3) is 33.5. The first-order valence-electron chi connectivity index (χ1n) is 24.4. The maximum absolute atomic E-state index is 12.7. The van der Waals surface area contributed by atoms with Gasteiger partial charge in [0, 0.05) is 38.6 Å². The lowest BCUT2D eigenvalue weighted by molar-refractivity contribution is -0.146. The molecule has 326 valence electrons. The summed E-state index contributed by atoms with van der Waals surface area (Å²) in [5.74, 6) is 1.64. The van der Waals surface area contributed by atoms with E-state index in [4.69, 9.17) is 14.2 Å². The molecule has 6 heteroatoms. The molecule has 0 aromatic heterocycles. The van der Waals surface area contributed by atoms with Crippen molar-refractivity contribution in [3.8, 4) is 0 Å². The van der Waals surface area contributed by atoms with Crippen LogP contribution in [0.15, 0.2) is 0 Å². The van der Waals surface area contributed by atoms with Crippen molar-refractivity contribution in [3.05, 3.63) is 0 Å². The first-order chi connectivity index (χ1) is 26.8. The molecule has 1 saturated heterocycles. The molecule has 0 saturated carbocycles. The Morgan fingerprint density at radius 2 is 0.909 bits per heavy atom. The summed E-state index contributed by atoms with van der Waals surface area (Å²) in [7, 11) is 2.21. The molecular formula is C49H95NO5. The van der Waals surface area contributed by atoms with Gasteiger partial charge in [0.25, 0.3) is 0 Å². The first kappa shape index (κ1) is 51.9. The standard InChI is InChI=1S/C49H95NO5/c1-6-8-31-45-33-24-20-21-25-34-46(32-9-7-2)42-49(52)55-40-29-23-17-13-11-15-19-27-36-47(43-53-38-30-37-50(5)44(3)4)35-26-18-14-10-12-16-22-28-39-54-48(51)41-45/h44-47H,6-43H2,1-5H3. The number of ether oxygens (including phenoxy) is 3. The van der Waals surface area contributed by atoms with E-state index < -0.39 is 0 Å². The van der Waals surface area contributed by atoms with Crippen molar-refractivity contribution in [2.45, 2.75) is 246 Å². The second-order valence-corrected chi connectivity index (χ2v) is 18.0. The summed E-state index contributed by atoms with van der Waals surface area (Å²) in [6.45, 7) is 13.1. The van der Waals surface area contributed by atoms with Crippen LogP contribution in [-0.4, -0.2) is 62.9 Å². The number of hydrogen-bond acceptors (Lipinski definition) is 6. The van der Waals surface area contributed by atoms with Crippen LogP contribution in [0, 0.1) is 17.8 Å². The van der Waals surface area contributed by atoms with Crippen molar-refractivity contribution in [2.24, 2.45) is 17.8 Å². The van der Waals surface area contributed by atoms with Crippen molar-refractivity contribution >= 4 is 11.9 Å². The Bertz CT molecular complexity index is 793. The van der Waals surface area contributed by atoms with Crippen LogP contribution in [-0.2, 0) is 23.8 Å². The topological polar surface area (TPSA) is 65.1 Å². The minimum Gasteiger partial charge on any atom is -0.466 e. The molecule has 0 aromatic carbocycles. The van der Waals surface area contributed by atoms with Crippen molar-refractivity contribution in [1.29, 1.82) is 0 Å². The summed E-state index contributed by atoms with van der Waals surface area (Å²) in [6.07, 6.45) is 39.1. The zero-order valence-electron chi connectivity index (χ0n) is 37.7. The highest BCUT2D eigenvalue weighted by Crippen LogP contribution is 2.25. The third-order valence-corrected chi connectivity index (χ3v) is 12.4. The van der Waals surface area contributed by atoms with Crippen molar-refractivity contribution in [3.63, 3.8) is 0 Å². The molecule has 1 aliphatic rings. The molecule has 55 heavy (non-hydrogen) atoms. The van der Waals surface area contributed by atoms with Crippen LogP contribution < -0.4 is 0 Å². The van der Waals surface area contributed by atoms with E-state index in [0.29, 0.717) is 49.9 Å². The lowest BCUT2D eigenvalue weighted by Crippen LogP contribution is -2.28. The van der Waals surface area contributed by atoms with Gasteiger partial charge in [0.2, 0.25) is 0 Å². The minimum atomic E-state index is 0.0157. The summed E-state index contributed by atoms with van der Waals surface area (Å²) >= 11 is 0. The number of cyclic esters (lactones) is 2. The zero-order valence-corrected chi connectivity index (χ0v) is 37.7. The smallest absolute Gasteiger partial charge is 0.306 e. The molecule has 1 fully saturated rings. The Hall–Kier alpha value is -1.14. The predicted molar refractivity (Wildman–Crippen MR) is 235 cm³/mol. The fourth-order valence-electron chi connectivity index (χ4n) is 8.29. The van der Waals surface area contributed by atoms with Gasteiger partial charge in [-0.15, -0.1) is 0 Å². The van der Waals surface area contributed by atoms with Crippen LogP contribution in [0.3, 0.4) is 0 Å². The second-order valence-electron chi connectivity index (χ2n) is 18.0. The van der Waals surface area contributed by atoms with Gasteiger partial charge in [0.05, 0.1) is 13.2 Å². The molecule has 6 nitrogen and oxygen atoms in total. The van der Waals surface area contributed by atoms with E-state index in [0.717, 1.165) is 64.7 Å². The van der Waals surface area contributed by atoms with E-state index in [2.05, 4.69) is 39.6 Å². The van der Waals surface area contributed by atoms with Gasteiger partial charge in [-0.25, -0.2) is 0 Å². The molecule has 0 aliphatic carbocycles. The third-order valence-electron chi connectivity index (χ3n) is 12.4. The number of carbonyl (C=O) groups excluding carboxylic acids is 2. The van der Waals surface area contributed by atoms with Gasteiger partial charge >= 0.3 is 11.9 Å². The number of unbranched alkanes of at least 4 members (excludes halogenated alkanes) is 2. The zero-order chi connectivity index (χ0) is 40.0. The highest BCUT2D eigenvalue weighted by atomic mass is 16.5. The van der Waals surface area contributed by atoms with Crippen LogP contribution in [0.5, 0.6) is 0 Å². The quantitative estimate of drug-likeness (QED) is 0.137. The molecule has 1 rings (SSSR count). The predicted octanol–water partition coefficient (Wildman–Crippen LogP) is 14.2.